The smallest absolute Gasteiger partial charge is 0.230 e. The van der Waals surface area contributed by atoms with Crippen molar-refractivity contribution >= 4 is 29.3 Å². The Bertz CT molecular complexity index is 773. The molecule has 1 heterocycles. The minimum atomic E-state index is -0.368. The molecule has 0 bridgehead atoms. The van der Waals surface area contributed by atoms with Gasteiger partial charge in [-0.15, -0.1) is 10.2 Å². The number of nitrogens with two attached hydrogens (primary N) is 1. The lowest BCUT2D eigenvalue weighted by atomic mass is 10.2. The van der Waals surface area contributed by atoms with Crippen molar-refractivity contribution in [2.45, 2.75) is 38.0 Å². The number of amides is 2. The minimum absolute atomic E-state index is 0.0685. The molecule has 2 amide bonds. The van der Waals surface area contributed by atoms with Crippen molar-refractivity contribution in [2.24, 2.45) is 5.73 Å². The second kappa shape index (κ2) is 9.96. The Labute approximate surface area is 163 Å². The van der Waals surface area contributed by atoms with E-state index < -0.39 is 0 Å². The van der Waals surface area contributed by atoms with Gasteiger partial charge in [0.25, 0.3) is 0 Å². The first-order valence-electron chi connectivity index (χ1n) is 8.76. The summed E-state index contributed by atoms with van der Waals surface area (Å²) < 4.78 is 1.90. The van der Waals surface area contributed by atoms with Crippen LogP contribution in [0.5, 0.6) is 0 Å². The molecule has 2 rings (SSSR count). The van der Waals surface area contributed by atoms with Crippen LogP contribution in [0.4, 0.5) is 5.69 Å². The van der Waals surface area contributed by atoms with Gasteiger partial charge in [-0.1, -0.05) is 23.9 Å². The van der Waals surface area contributed by atoms with Crippen molar-refractivity contribution in [3.63, 3.8) is 0 Å². The van der Waals surface area contributed by atoms with Crippen LogP contribution in [-0.4, -0.2) is 46.4 Å². The quantitative estimate of drug-likeness (QED) is 0.590. The highest BCUT2D eigenvalue weighted by atomic mass is 32.2. The normalized spacial score (nSPS) is 10.6. The summed E-state index contributed by atoms with van der Waals surface area (Å²) in [4.78, 5) is 25.1. The molecule has 0 aliphatic rings. The molecule has 3 N–H and O–H groups in total. The maximum absolute atomic E-state index is 12.1. The summed E-state index contributed by atoms with van der Waals surface area (Å²) in [6, 6.07) is 8.05. The van der Waals surface area contributed by atoms with Crippen LogP contribution in [0.15, 0.2) is 29.4 Å². The van der Waals surface area contributed by atoms with Gasteiger partial charge in [-0.05, 0) is 24.6 Å². The molecule has 146 valence electrons. The van der Waals surface area contributed by atoms with Crippen molar-refractivity contribution in [1.29, 1.82) is 0 Å². The first-order chi connectivity index (χ1) is 12.9. The minimum Gasteiger partial charge on any atom is -0.378 e. The molecule has 0 radical (unpaired) electrons. The first-order valence-corrected chi connectivity index (χ1v) is 9.75. The van der Waals surface area contributed by atoms with E-state index in [2.05, 4.69) is 15.5 Å². The molecule has 8 nitrogen and oxygen atoms in total. The number of aromatic nitrogens is 3. The summed E-state index contributed by atoms with van der Waals surface area (Å²) in [6.07, 6.45) is 0.682. The molecular weight excluding hydrogens is 364 g/mol. The predicted molar refractivity (Wildman–Crippen MR) is 107 cm³/mol. The SMILES string of the molecule is CCn1c(CCC(N)=O)nnc1SCC(=O)NCc1ccc(N(C)C)cc1. The van der Waals surface area contributed by atoms with Crippen LogP contribution >= 0.6 is 11.8 Å². The number of hydrogen-bond acceptors (Lipinski definition) is 6. The summed E-state index contributed by atoms with van der Waals surface area (Å²) in [5, 5.41) is 11.8. The molecule has 1 aromatic heterocycles. The number of hydrogen-bond donors (Lipinski definition) is 2. The van der Waals surface area contributed by atoms with E-state index in [9.17, 15) is 9.59 Å². The van der Waals surface area contributed by atoms with Gasteiger partial charge in [0.15, 0.2) is 5.16 Å². The van der Waals surface area contributed by atoms with Gasteiger partial charge in [0.2, 0.25) is 11.8 Å². The second-order valence-electron chi connectivity index (χ2n) is 6.24. The van der Waals surface area contributed by atoms with Gasteiger partial charge >= 0.3 is 0 Å². The maximum Gasteiger partial charge on any atom is 0.230 e. The zero-order valence-electron chi connectivity index (χ0n) is 15.9. The van der Waals surface area contributed by atoms with E-state index in [0.717, 1.165) is 11.3 Å². The van der Waals surface area contributed by atoms with Crippen LogP contribution in [-0.2, 0) is 29.1 Å². The fourth-order valence-electron chi connectivity index (χ4n) is 2.46. The zero-order chi connectivity index (χ0) is 19.8. The monoisotopic (exact) mass is 390 g/mol. The van der Waals surface area contributed by atoms with Crippen molar-refractivity contribution in [3.05, 3.63) is 35.7 Å². The molecule has 0 fully saturated rings. The number of anilines is 1. The highest BCUT2D eigenvalue weighted by Crippen LogP contribution is 2.18. The predicted octanol–water partition coefficient (Wildman–Crippen LogP) is 1.19. The number of rotatable bonds is 10. The second-order valence-corrected chi connectivity index (χ2v) is 7.18. The van der Waals surface area contributed by atoms with Gasteiger partial charge in [0.05, 0.1) is 5.75 Å². The molecule has 1 aromatic carbocycles. The molecule has 9 heteroatoms. The average molecular weight is 391 g/mol. The maximum atomic E-state index is 12.1. The lowest BCUT2D eigenvalue weighted by Crippen LogP contribution is -2.24. The van der Waals surface area contributed by atoms with Gasteiger partial charge in [-0.3, -0.25) is 9.59 Å². The summed E-state index contributed by atoms with van der Waals surface area (Å²) >= 11 is 1.33. The van der Waals surface area contributed by atoms with Crippen molar-refractivity contribution in [2.75, 3.05) is 24.7 Å². The Hall–Kier alpha value is -2.55. The first kappa shape index (κ1) is 20.8. The Kier molecular flexibility index (Phi) is 7.66. The van der Waals surface area contributed by atoms with E-state index in [4.69, 9.17) is 5.73 Å². The number of thioether (sulfide) groups is 1. The Balaban J connectivity index is 1.83. The molecule has 0 saturated heterocycles. The molecule has 0 aliphatic carbocycles. The molecule has 27 heavy (non-hydrogen) atoms. The number of benzene rings is 1. The summed E-state index contributed by atoms with van der Waals surface area (Å²) in [5.74, 6) is 0.526. The van der Waals surface area contributed by atoms with E-state index in [1.54, 1.807) is 0 Å². The number of carbonyl (C=O) groups excluding carboxylic acids is 2. The van der Waals surface area contributed by atoms with Gasteiger partial charge in [0, 0.05) is 45.7 Å². The molecule has 2 aromatic rings. The molecule has 0 unspecified atom stereocenters. The van der Waals surface area contributed by atoms with Gasteiger partial charge < -0.3 is 20.5 Å². The van der Waals surface area contributed by atoms with Crippen LogP contribution in [0.3, 0.4) is 0 Å². The summed E-state index contributed by atoms with van der Waals surface area (Å²) in [7, 11) is 3.98. The number of carbonyl (C=O) groups is 2. The van der Waals surface area contributed by atoms with E-state index in [-0.39, 0.29) is 24.0 Å². The Morgan fingerprint density at radius 2 is 1.93 bits per heavy atom. The van der Waals surface area contributed by atoms with Crippen molar-refractivity contribution in [3.8, 4) is 0 Å². The zero-order valence-corrected chi connectivity index (χ0v) is 16.8. The van der Waals surface area contributed by atoms with Crippen LogP contribution in [0, 0.1) is 0 Å². The van der Waals surface area contributed by atoms with Crippen molar-refractivity contribution < 1.29 is 9.59 Å². The molecule has 0 spiro atoms. The molecule has 0 atom stereocenters. The fourth-order valence-corrected chi connectivity index (χ4v) is 3.31. The summed E-state index contributed by atoms with van der Waals surface area (Å²) in [6.45, 7) is 3.12. The lowest BCUT2D eigenvalue weighted by molar-refractivity contribution is -0.119. The van der Waals surface area contributed by atoms with Crippen LogP contribution in [0.25, 0.3) is 0 Å². The summed E-state index contributed by atoms with van der Waals surface area (Å²) in [5.41, 5.74) is 7.35. The standard InChI is InChI=1S/C18H26N6O2S/c1-4-24-16(10-9-15(19)25)21-22-18(24)27-12-17(26)20-11-13-5-7-14(8-6-13)23(2)3/h5-8H,4,9-12H2,1-3H3,(H2,19,25)(H,20,26). The third-order valence-electron chi connectivity index (χ3n) is 3.98. The number of aryl methyl sites for hydroxylation is 1. The van der Waals surface area contributed by atoms with Gasteiger partial charge in [-0.2, -0.15) is 0 Å². The highest BCUT2D eigenvalue weighted by Gasteiger charge is 2.13. The van der Waals surface area contributed by atoms with Gasteiger partial charge in [0.1, 0.15) is 5.82 Å². The molecule has 0 aliphatic heterocycles. The number of nitrogens with zero attached hydrogens (tertiary/aromatic N) is 4. The van der Waals surface area contributed by atoms with E-state index in [1.165, 1.54) is 11.8 Å². The van der Waals surface area contributed by atoms with Gasteiger partial charge in [-0.25, -0.2) is 0 Å². The van der Waals surface area contributed by atoms with Crippen LogP contribution in [0.1, 0.15) is 24.7 Å². The average Bonchev–Trinajstić information content (AvgIpc) is 3.05. The third-order valence-corrected chi connectivity index (χ3v) is 4.95. The van der Waals surface area contributed by atoms with E-state index in [0.29, 0.717) is 30.5 Å². The topological polar surface area (TPSA) is 106 Å². The van der Waals surface area contributed by atoms with Crippen LogP contribution < -0.4 is 16.0 Å². The van der Waals surface area contributed by atoms with E-state index in [1.807, 2.05) is 54.8 Å². The largest absolute Gasteiger partial charge is 0.378 e. The number of nitrogens with one attached hydrogen (secondary N) is 1. The van der Waals surface area contributed by atoms with E-state index >= 15 is 0 Å². The third kappa shape index (κ3) is 6.28. The molecule has 0 saturated carbocycles. The highest BCUT2D eigenvalue weighted by molar-refractivity contribution is 7.99. The van der Waals surface area contributed by atoms with Crippen LogP contribution in [0.2, 0.25) is 0 Å². The lowest BCUT2D eigenvalue weighted by Gasteiger charge is -2.13. The number of primary amides is 1. The Morgan fingerprint density at radius 1 is 1.22 bits per heavy atom. The molecular formula is C18H26N6O2S. The Morgan fingerprint density at radius 3 is 2.52 bits per heavy atom. The fraction of sp³-hybridized carbons (Fsp3) is 0.444. The van der Waals surface area contributed by atoms with Crippen molar-refractivity contribution in [1.82, 2.24) is 20.1 Å².